The van der Waals surface area contributed by atoms with Gasteiger partial charge in [0.1, 0.15) is 5.56 Å². The van der Waals surface area contributed by atoms with E-state index < -0.39 is 16.6 Å². The van der Waals surface area contributed by atoms with E-state index >= 15 is 0 Å². The van der Waals surface area contributed by atoms with E-state index in [0.29, 0.717) is 12.3 Å². The van der Waals surface area contributed by atoms with Crippen molar-refractivity contribution in [2.24, 2.45) is 0 Å². The van der Waals surface area contributed by atoms with Crippen LogP contribution in [-0.4, -0.2) is 34.8 Å². The van der Waals surface area contributed by atoms with Gasteiger partial charge in [-0.25, -0.2) is 4.79 Å². The van der Waals surface area contributed by atoms with Crippen LogP contribution in [0.4, 0.5) is 11.4 Å². The van der Waals surface area contributed by atoms with Gasteiger partial charge in [0.2, 0.25) is 0 Å². The van der Waals surface area contributed by atoms with Gasteiger partial charge in [-0.15, -0.1) is 0 Å². The first-order valence-electron chi connectivity index (χ1n) is 5.89. The summed E-state index contributed by atoms with van der Waals surface area (Å²) in [7, 11) is 0. The number of ether oxygens (including phenoxy) is 1. The minimum Gasteiger partial charge on any atom is -0.477 e. The number of hydrogen-bond acceptors (Lipinski definition) is 5. The average molecular weight is 266 g/mol. The molecule has 1 heterocycles. The Kier molecular flexibility index (Phi) is 3.66. The average Bonchev–Trinajstić information content (AvgIpc) is 2.74. The lowest BCUT2D eigenvalue weighted by molar-refractivity contribution is -0.385. The van der Waals surface area contributed by atoms with Gasteiger partial charge in [0.25, 0.3) is 5.69 Å². The van der Waals surface area contributed by atoms with Crippen molar-refractivity contribution in [2.45, 2.75) is 25.5 Å². The molecule has 0 amide bonds. The maximum atomic E-state index is 11.0. The molecule has 2 rings (SSSR count). The Bertz CT molecular complexity index is 517. The Morgan fingerprint density at radius 3 is 2.84 bits per heavy atom. The van der Waals surface area contributed by atoms with Crippen LogP contribution in [0.2, 0.25) is 0 Å². The van der Waals surface area contributed by atoms with Crippen LogP contribution in [0.3, 0.4) is 0 Å². The number of nitro groups is 1. The second-order valence-electron chi connectivity index (χ2n) is 4.41. The summed E-state index contributed by atoms with van der Waals surface area (Å²) in [5, 5.41) is 22.9. The predicted octanol–water partition coefficient (Wildman–Crippen LogP) is 1.88. The fraction of sp³-hybridized carbons (Fsp3) is 0.417. The van der Waals surface area contributed by atoms with E-state index in [1.54, 1.807) is 0 Å². The van der Waals surface area contributed by atoms with Crippen LogP contribution in [0.25, 0.3) is 0 Å². The minimum absolute atomic E-state index is 0.0310. The Hall–Kier alpha value is -2.15. The zero-order valence-electron chi connectivity index (χ0n) is 10.3. The number of nitrogens with zero attached hydrogens (tertiary/aromatic N) is 1. The molecule has 1 aromatic rings. The number of nitro benzene ring substituents is 1. The van der Waals surface area contributed by atoms with Gasteiger partial charge in [-0.2, -0.15) is 0 Å². The zero-order chi connectivity index (χ0) is 14.0. The molecule has 2 unspecified atom stereocenters. The fourth-order valence-electron chi connectivity index (χ4n) is 2.09. The van der Waals surface area contributed by atoms with Crippen molar-refractivity contribution in [3.8, 4) is 0 Å². The van der Waals surface area contributed by atoms with E-state index in [4.69, 9.17) is 9.84 Å². The third-order valence-electron chi connectivity index (χ3n) is 3.15. The SMILES string of the molecule is CC1OCCC1Nc1ccc([N+](=O)[O-])c(C(=O)O)c1. The number of aromatic carboxylic acids is 1. The highest BCUT2D eigenvalue weighted by atomic mass is 16.6. The first kappa shape index (κ1) is 13.3. The lowest BCUT2D eigenvalue weighted by atomic mass is 10.1. The standard InChI is InChI=1S/C12H14N2O5/c1-7-10(4-5-19-7)13-8-2-3-11(14(17)18)9(6-8)12(15)16/h2-3,6-7,10,13H,4-5H2,1H3,(H,15,16). The van der Waals surface area contributed by atoms with Gasteiger partial charge in [0.15, 0.2) is 0 Å². The Balaban J connectivity index is 2.25. The van der Waals surface area contributed by atoms with E-state index in [2.05, 4.69) is 5.32 Å². The summed E-state index contributed by atoms with van der Waals surface area (Å²) in [5.41, 5.74) is -0.180. The molecule has 7 heteroatoms. The van der Waals surface area contributed by atoms with Gasteiger partial charge in [0, 0.05) is 18.4 Å². The number of carboxylic acids is 1. The molecule has 0 aliphatic carbocycles. The molecule has 1 aliphatic rings. The van der Waals surface area contributed by atoms with Crippen molar-refractivity contribution in [1.82, 2.24) is 0 Å². The Morgan fingerprint density at radius 1 is 1.58 bits per heavy atom. The maximum Gasteiger partial charge on any atom is 0.342 e. The molecular formula is C12H14N2O5. The minimum atomic E-state index is -1.31. The zero-order valence-corrected chi connectivity index (χ0v) is 10.3. The predicted molar refractivity (Wildman–Crippen MR) is 67.5 cm³/mol. The number of carboxylic acid groups (broad SMARTS) is 1. The summed E-state index contributed by atoms with van der Waals surface area (Å²) >= 11 is 0. The summed E-state index contributed by atoms with van der Waals surface area (Å²) in [6.45, 7) is 2.58. The molecule has 1 aromatic carbocycles. The van der Waals surface area contributed by atoms with Crippen LogP contribution >= 0.6 is 0 Å². The monoisotopic (exact) mass is 266 g/mol. The van der Waals surface area contributed by atoms with Crippen LogP contribution in [0, 0.1) is 10.1 Å². The van der Waals surface area contributed by atoms with Gasteiger partial charge in [0.05, 0.1) is 17.1 Å². The fourth-order valence-corrected chi connectivity index (χ4v) is 2.09. The second kappa shape index (κ2) is 5.23. The number of benzene rings is 1. The molecule has 7 nitrogen and oxygen atoms in total. The van der Waals surface area contributed by atoms with E-state index in [-0.39, 0.29) is 17.7 Å². The Morgan fingerprint density at radius 2 is 2.32 bits per heavy atom. The lowest BCUT2D eigenvalue weighted by Gasteiger charge is -2.17. The van der Waals surface area contributed by atoms with Gasteiger partial charge < -0.3 is 15.2 Å². The third kappa shape index (κ3) is 2.82. The molecule has 2 atom stereocenters. The van der Waals surface area contributed by atoms with Crippen molar-refractivity contribution in [1.29, 1.82) is 0 Å². The molecule has 1 aliphatic heterocycles. The van der Waals surface area contributed by atoms with E-state index in [9.17, 15) is 14.9 Å². The number of anilines is 1. The molecule has 0 saturated carbocycles. The first-order valence-corrected chi connectivity index (χ1v) is 5.89. The molecule has 0 aromatic heterocycles. The van der Waals surface area contributed by atoms with Crippen LogP contribution in [-0.2, 0) is 4.74 Å². The van der Waals surface area contributed by atoms with Gasteiger partial charge in [-0.1, -0.05) is 0 Å². The molecule has 2 N–H and O–H groups in total. The third-order valence-corrected chi connectivity index (χ3v) is 3.15. The highest BCUT2D eigenvalue weighted by Crippen LogP contribution is 2.25. The van der Waals surface area contributed by atoms with Gasteiger partial charge in [-0.3, -0.25) is 10.1 Å². The summed E-state index contributed by atoms with van der Waals surface area (Å²) < 4.78 is 5.39. The van der Waals surface area contributed by atoms with Crippen molar-refractivity contribution in [3.05, 3.63) is 33.9 Å². The van der Waals surface area contributed by atoms with Crippen LogP contribution in [0.15, 0.2) is 18.2 Å². The highest BCUT2D eigenvalue weighted by molar-refractivity contribution is 5.93. The van der Waals surface area contributed by atoms with Crippen LogP contribution in [0.1, 0.15) is 23.7 Å². The second-order valence-corrected chi connectivity index (χ2v) is 4.41. The molecule has 102 valence electrons. The highest BCUT2D eigenvalue weighted by Gasteiger charge is 2.25. The molecule has 1 fully saturated rings. The maximum absolute atomic E-state index is 11.0. The van der Waals surface area contributed by atoms with Crippen LogP contribution in [0.5, 0.6) is 0 Å². The normalized spacial score (nSPS) is 22.2. The van der Waals surface area contributed by atoms with Crippen molar-refractivity contribution in [2.75, 3.05) is 11.9 Å². The number of nitrogens with one attached hydrogen (secondary N) is 1. The molecule has 0 bridgehead atoms. The largest absolute Gasteiger partial charge is 0.477 e. The van der Waals surface area contributed by atoms with E-state index in [1.165, 1.54) is 18.2 Å². The molecular weight excluding hydrogens is 252 g/mol. The quantitative estimate of drug-likeness (QED) is 0.637. The van der Waals surface area contributed by atoms with Crippen molar-refractivity contribution >= 4 is 17.3 Å². The molecule has 0 spiro atoms. The van der Waals surface area contributed by atoms with Crippen LogP contribution < -0.4 is 5.32 Å². The summed E-state index contributed by atoms with van der Waals surface area (Å²) in [6, 6.07) is 4.08. The van der Waals surface area contributed by atoms with E-state index in [1.807, 2.05) is 6.92 Å². The number of rotatable bonds is 4. The van der Waals surface area contributed by atoms with Crippen molar-refractivity contribution < 1.29 is 19.6 Å². The van der Waals surface area contributed by atoms with Gasteiger partial charge >= 0.3 is 5.97 Å². The molecule has 1 saturated heterocycles. The number of carbonyl (C=O) groups is 1. The summed E-state index contributed by atoms with van der Waals surface area (Å²) in [6.07, 6.45) is 0.851. The molecule has 19 heavy (non-hydrogen) atoms. The summed E-state index contributed by atoms with van der Waals surface area (Å²) in [4.78, 5) is 21.1. The smallest absolute Gasteiger partial charge is 0.342 e. The summed E-state index contributed by atoms with van der Waals surface area (Å²) in [5.74, 6) is -1.31. The Labute approximate surface area is 109 Å². The molecule has 0 radical (unpaired) electrons. The number of hydrogen-bond donors (Lipinski definition) is 2. The van der Waals surface area contributed by atoms with Gasteiger partial charge in [-0.05, 0) is 25.5 Å². The lowest BCUT2D eigenvalue weighted by Crippen LogP contribution is -2.26. The topological polar surface area (TPSA) is 102 Å². The van der Waals surface area contributed by atoms with Crippen molar-refractivity contribution in [3.63, 3.8) is 0 Å². The van der Waals surface area contributed by atoms with E-state index in [0.717, 1.165) is 6.42 Å². The first-order chi connectivity index (χ1) is 8.99.